The molecule has 0 saturated heterocycles. The van der Waals surface area contributed by atoms with Gasteiger partial charge in [0.05, 0.1) is 5.56 Å². The molecule has 84 valence electrons. The van der Waals surface area contributed by atoms with Gasteiger partial charge in [-0.15, -0.1) is 0 Å². The monoisotopic (exact) mass is 218 g/mol. The topological polar surface area (TPSA) is 68.2 Å². The Balaban J connectivity index is 2.35. The van der Waals surface area contributed by atoms with Gasteiger partial charge in [-0.1, -0.05) is 12.1 Å². The highest BCUT2D eigenvalue weighted by Gasteiger charge is 2.12. The first-order valence-corrected chi connectivity index (χ1v) is 5.12. The van der Waals surface area contributed by atoms with E-state index in [9.17, 15) is 0 Å². The third-order valence-electron chi connectivity index (χ3n) is 2.42. The summed E-state index contributed by atoms with van der Waals surface area (Å²) in [5.41, 5.74) is 7.23. The van der Waals surface area contributed by atoms with Crippen molar-refractivity contribution < 1.29 is 4.52 Å². The Morgan fingerprint density at radius 2 is 2.12 bits per heavy atom. The standard InChI is InChI=1S/C11H14N4O/c1-3-15(2)11-13-10(16-14-11)8-6-4-5-7-9(8)12/h4-7H,3,12H2,1-2H3. The molecule has 0 radical (unpaired) electrons. The molecule has 1 aromatic heterocycles. The Morgan fingerprint density at radius 3 is 2.81 bits per heavy atom. The zero-order valence-electron chi connectivity index (χ0n) is 9.34. The van der Waals surface area contributed by atoms with Gasteiger partial charge >= 0.3 is 0 Å². The molecule has 0 amide bonds. The van der Waals surface area contributed by atoms with Gasteiger partial charge in [0.2, 0.25) is 0 Å². The lowest BCUT2D eigenvalue weighted by atomic mass is 10.2. The summed E-state index contributed by atoms with van der Waals surface area (Å²) in [6.45, 7) is 2.84. The molecule has 0 saturated carbocycles. The van der Waals surface area contributed by atoms with Crippen LogP contribution >= 0.6 is 0 Å². The highest BCUT2D eigenvalue weighted by molar-refractivity contribution is 5.70. The van der Waals surface area contributed by atoms with Gasteiger partial charge in [0.1, 0.15) is 0 Å². The molecule has 1 heterocycles. The molecule has 0 bridgehead atoms. The lowest BCUT2D eigenvalue weighted by molar-refractivity contribution is 0.430. The summed E-state index contributed by atoms with van der Waals surface area (Å²) in [7, 11) is 1.91. The minimum absolute atomic E-state index is 0.452. The van der Waals surface area contributed by atoms with Crippen molar-refractivity contribution in [3.05, 3.63) is 24.3 Å². The largest absolute Gasteiger partial charge is 0.398 e. The van der Waals surface area contributed by atoms with Gasteiger partial charge in [0.15, 0.2) is 0 Å². The van der Waals surface area contributed by atoms with Crippen molar-refractivity contribution in [2.75, 3.05) is 24.2 Å². The zero-order valence-corrected chi connectivity index (χ0v) is 9.34. The second-order valence-electron chi connectivity index (χ2n) is 3.50. The number of hydrogen-bond acceptors (Lipinski definition) is 5. The van der Waals surface area contributed by atoms with Gasteiger partial charge in [0, 0.05) is 19.3 Å². The molecule has 5 nitrogen and oxygen atoms in total. The van der Waals surface area contributed by atoms with Crippen molar-refractivity contribution in [3.63, 3.8) is 0 Å². The van der Waals surface area contributed by atoms with Crippen LogP contribution in [0.2, 0.25) is 0 Å². The average Bonchev–Trinajstić information content (AvgIpc) is 2.78. The van der Waals surface area contributed by atoms with Crippen LogP contribution in [-0.4, -0.2) is 23.7 Å². The first-order valence-electron chi connectivity index (χ1n) is 5.12. The number of nitrogens with two attached hydrogens (primary N) is 1. The van der Waals surface area contributed by atoms with Crippen LogP contribution in [0, 0.1) is 0 Å². The van der Waals surface area contributed by atoms with Crippen molar-refractivity contribution in [2.45, 2.75) is 6.92 Å². The Bertz CT molecular complexity index is 480. The summed E-state index contributed by atoms with van der Waals surface area (Å²) in [6, 6.07) is 7.43. The predicted octanol–water partition coefficient (Wildman–Crippen LogP) is 1.77. The summed E-state index contributed by atoms with van der Waals surface area (Å²) in [5.74, 6) is 1.02. The van der Waals surface area contributed by atoms with Gasteiger partial charge in [-0.05, 0) is 24.2 Å². The molecule has 0 aliphatic carbocycles. The van der Waals surface area contributed by atoms with E-state index in [1.165, 1.54) is 0 Å². The number of anilines is 2. The van der Waals surface area contributed by atoms with E-state index in [1.54, 1.807) is 0 Å². The number of aromatic nitrogens is 2. The Labute approximate surface area is 93.9 Å². The third-order valence-corrected chi connectivity index (χ3v) is 2.42. The van der Waals surface area contributed by atoms with Crippen molar-refractivity contribution in [1.82, 2.24) is 10.1 Å². The fourth-order valence-electron chi connectivity index (χ4n) is 1.31. The summed E-state index contributed by atoms with van der Waals surface area (Å²) >= 11 is 0. The predicted molar refractivity (Wildman–Crippen MR) is 63.1 cm³/mol. The smallest absolute Gasteiger partial charge is 0.266 e. The number of nitrogens with zero attached hydrogens (tertiary/aromatic N) is 3. The second-order valence-corrected chi connectivity index (χ2v) is 3.50. The molecule has 0 fully saturated rings. The van der Waals surface area contributed by atoms with Crippen LogP contribution in [0.1, 0.15) is 6.92 Å². The van der Waals surface area contributed by atoms with Gasteiger partial charge in [-0.25, -0.2) is 0 Å². The maximum absolute atomic E-state index is 5.83. The van der Waals surface area contributed by atoms with Crippen LogP contribution in [0.15, 0.2) is 28.8 Å². The molecule has 16 heavy (non-hydrogen) atoms. The molecule has 1 aromatic carbocycles. The molecule has 0 unspecified atom stereocenters. The molecule has 2 aromatic rings. The molecule has 0 aliphatic rings. The maximum atomic E-state index is 5.83. The van der Waals surface area contributed by atoms with Crippen molar-refractivity contribution in [3.8, 4) is 11.5 Å². The van der Waals surface area contributed by atoms with Crippen molar-refractivity contribution in [2.24, 2.45) is 0 Å². The highest BCUT2D eigenvalue weighted by Crippen LogP contribution is 2.24. The van der Waals surface area contributed by atoms with E-state index < -0.39 is 0 Å². The SMILES string of the molecule is CCN(C)c1noc(-c2ccccc2N)n1. The van der Waals surface area contributed by atoms with E-state index in [0.29, 0.717) is 17.5 Å². The number of rotatable bonds is 3. The van der Waals surface area contributed by atoms with E-state index in [1.807, 2.05) is 43.1 Å². The van der Waals surface area contributed by atoms with Crippen LogP contribution in [-0.2, 0) is 0 Å². The average molecular weight is 218 g/mol. The van der Waals surface area contributed by atoms with E-state index >= 15 is 0 Å². The molecular weight excluding hydrogens is 204 g/mol. The summed E-state index contributed by atoms with van der Waals surface area (Å²) < 4.78 is 5.17. The van der Waals surface area contributed by atoms with Gasteiger partial charge < -0.3 is 15.2 Å². The number of hydrogen-bond donors (Lipinski definition) is 1. The summed E-state index contributed by atoms with van der Waals surface area (Å²) in [5, 5.41) is 3.89. The fraction of sp³-hybridized carbons (Fsp3) is 0.273. The number of benzene rings is 1. The molecule has 5 heteroatoms. The van der Waals surface area contributed by atoms with E-state index in [0.717, 1.165) is 12.1 Å². The first kappa shape index (κ1) is 10.5. The Hall–Kier alpha value is -2.04. The quantitative estimate of drug-likeness (QED) is 0.795. The Kier molecular flexibility index (Phi) is 2.76. The molecule has 0 atom stereocenters. The fourth-order valence-corrected chi connectivity index (χ4v) is 1.31. The molecule has 2 rings (SSSR count). The van der Waals surface area contributed by atoms with Crippen molar-refractivity contribution >= 4 is 11.6 Å². The molecule has 2 N–H and O–H groups in total. The summed E-state index contributed by atoms with van der Waals surface area (Å²) in [4.78, 5) is 6.18. The highest BCUT2D eigenvalue weighted by atomic mass is 16.5. The van der Waals surface area contributed by atoms with Crippen LogP contribution in [0.5, 0.6) is 0 Å². The minimum atomic E-state index is 0.452. The number of nitrogen functional groups attached to an aromatic ring is 1. The minimum Gasteiger partial charge on any atom is -0.398 e. The molecule has 0 spiro atoms. The first-order chi connectivity index (χ1) is 7.72. The molecular formula is C11H14N4O. The van der Waals surface area contributed by atoms with Crippen LogP contribution in [0.3, 0.4) is 0 Å². The van der Waals surface area contributed by atoms with E-state index in [4.69, 9.17) is 10.3 Å². The maximum Gasteiger partial charge on any atom is 0.266 e. The van der Waals surface area contributed by atoms with Crippen molar-refractivity contribution in [1.29, 1.82) is 0 Å². The van der Waals surface area contributed by atoms with Gasteiger partial charge in [0.25, 0.3) is 11.8 Å². The second kappa shape index (κ2) is 4.22. The van der Waals surface area contributed by atoms with E-state index in [-0.39, 0.29) is 0 Å². The number of para-hydroxylation sites is 1. The third kappa shape index (κ3) is 1.84. The lowest BCUT2D eigenvalue weighted by Crippen LogP contribution is -2.16. The molecule has 0 aliphatic heterocycles. The zero-order chi connectivity index (χ0) is 11.5. The van der Waals surface area contributed by atoms with Gasteiger partial charge in [-0.2, -0.15) is 4.98 Å². The summed E-state index contributed by atoms with van der Waals surface area (Å²) in [6.07, 6.45) is 0. The lowest BCUT2D eigenvalue weighted by Gasteiger charge is -2.08. The van der Waals surface area contributed by atoms with Gasteiger partial charge in [-0.3, -0.25) is 0 Å². The normalized spacial score (nSPS) is 10.4. The van der Waals surface area contributed by atoms with Crippen LogP contribution in [0.4, 0.5) is 11.6 Å². The Morgan fingerprint density at radius 1 is 1.38 bits per heavy atom. The van der Waals surface area contributed by atoms with Crippen LogP contribution < -0.4 is 10.6 Å². The van der Waals surface area contributed by atoms with Crippen LogP contribution in [0.25, 0.3) is 11.5 Å². The van der Waals surface area contributed by atoms with E-state index in [2.05, 4.69) is 10.1 Å².